The predicted octanol–water partition coefficient (Wildman–Crippen LogP) is 3.35. The van der Waals surface area contributed by atoms with Gasteiger partial charge in [0.05, 0.1) is 19.1 Å². The Morgan fingerprint density at radius 2 is 2.08 bits per heavy atom. The molecule has 2 N–H and O–H groups in total. The summed E-state index contributed by atoms with van der Waals surface area (Å²) in [4.78, 5) is 19.1. The lowest BCUT2D eigenvalue weighted by Gasteiger charge is -2.17. The van der Waals surface area contributed by atoms with E-state index in [9.17, 15) is 14.3 Å². The lowest BCUT2D eigenvalue weighted by molar-refractivity contribution is 0.0666. The van der Waals surface area contributed by atoms with Crippen LogP contribution in [0.2, 0.25) is 19.6 Å². The van der Waals surface area contributed by atoms with Crippen molar-refractivity contribution in [3.05, 3.63) is 42.3 Å². The highest BCUT2D eigenvalue weighted by Gasteiger charge is 2.23. The Morgan fingerprint density at radius 3 is 2.71 bits per heavy atom. The maximum atomic E-state index is 14.5. The van der Waals surface area contributed by atoms with Crippen molar-refractivity contribution in [2.75, 3.05) is 5.32 Å². The highest BCUT2D eigenvalue weighted by atomic mass is 28.3. The van der Waals surface area contributed by atoms with Crippen molar-refractivity contribution in [1.82, 2.24) is 9.97 Å². The fraction of sp³-hybridized carbons (Fsp3) is 0.188. The first-order chi connectivity index (χ1) is 11.3. The van der Waals surface area contributed by atoms with Crippen molar-refractivity contribution in [2.24, 2.45) is 0 Å². The average Bonchev–Trinajstić information content (AvgIpc) is 2.87. The maximum absolute atomic E-state index is 14.5. The van der Waals surface area contributed by atoms with Crippen LogP contribution in [-0.4, -0.2) is 29.1 Å². The predicted molar refractivity (Wildman–Crippen MR) is 91.4 cm³/mol. The smallest absolute Gasteiger partial charge is 0.374 e. The number of rotatable bonds is 4. The van der Waals surface area contributed by atoms with Crippen molar-refractivity contribution in [2.45, 2.75) is 19.6 Å². The van der Waals surface area contributed by atoms with Crippen LogP contribution in [0.5, 0.6) is 0 Å². The molecule has 0 aliphatic carbocycles. The van der Waals surface area contributed by atoms with Gasteiger partial charge in [-0.05, 0) is 12.1 Å². The van der Waals surface area contributed by atoms with Gasteiger partial charge in [-0.15, -0.1) is 0 Å². The number of furan rings is 1. The molecule has 3 rings (SSSR count). The zero-order valence-corrected chi connectivity index (χ0v) is 14.4. The van der Waals surface area contributed by atoms with E-state index in [0.29, 0.717) is 5.39 Å². The summed E-state index contributed by atoms with van der Waals surface area (Å²) >= 11 is 0. The van der Waals surface area contributed by atoms with Crippen molar-refractivity contribution in [3.8, 4) is 0 Å². The summed E-state index contributed by atoms with van der Waals surface area (Å²) in [6.45, 7) is 6.37. The van der Waals surface area contributed by atoms with Crippen LogP contribution in [0.4, 0.5) is 15.8 Å². The molecular weight excluding hydrogens is 329 g/mol. The van der Waals surface area contributed by atoms with E-state index in [4.69, 9.17) is 4.42 Å². The van der Waals surface area contributed by atoms with Crippen LogP contribution in [0.25, 0.3) is 11.1 Å². The molecule has 0 saturated carbocycles. The molecule has 2 heterocycles. The summed E-state index contributed by atoms with van der Waals surface area (Å²) in [6, 6.07) is 4.96. The van der Waals surface area contributed by atoms with Gasteiger partial charge in [0.25, 0.3) is 0 Å². The Bertz CT molecular complexity index is 934. The molecule has 0 spiro atoms. The second kappa shape index (κ2) is 5.71. The van der Waals surface area contributed by atoms with Crippen LogP contribution in [-0.2, 0) is 0 Å². The summed E-state index contributed by atoms with van der Waals surface area (Å²) in [5.74, 6) is -2.05. The quantitative estimate of drug-likeness (QED) is 0.705. The first-order valence-corrected chi connectivity index (χ1v) is 10.8. The molecule has 0 fully saturated rings. The molecule has 0 atom stereocenters. The van der Waals surface area contributed by atoms with Crippen LogP contribution in [0, 0.1) is 5.82 Å². The first kappa shape index (κ1) is 16.1. The highest BCUT2D eigenvalue weighted by molar-refractivity contribution is 6.88. The van der Waals surface area contributed by atoms with Gasteiger partial charge in [-0.1, -0.05) is 30.9 Å². The van der Waals surface area contributed by atoms with Gasteiger partial charge in [0.2, 0.25) is 11.5 Å². The summed E-state index contributed by atoms with van der Waals surface area (Å²) in [5.41, 5.74) is 0.438. The number of carbonyl (C=O) groups is 1. The average molecular weight is 345 g/mol. The Morgan fingerprint density at radius 1 is 1.33 bits per heavy atom. The molecule has 2 aromatic heterocycles. The molecule has 8 heteroatoms. The minimum Gasteiger partial charge on any atom is -0.475 e. The Kier molecular flexibility index (Phi) is 3.84. The number of hydrogen-bond donors (Lipinski definition) is 2. The normalized spacial score (nSPS) is 11.7. The van der Waals surface area contributed by atoms with Gasteiger partial charge in [0.1, 0.15) is 17.8 Å². The second-order valence-corrected chi connectivity index (χ2v) is 11.5. The monoisotopic (exact) mass is 345 g/mol. The van der Waals surface area contributed by atoms with Crippen LogP contribution in [0.15, 0.2) is 35.1 Å². The minimum atomic E-state index is -1.64. The van der Waals surface area contributed by atoms with Gasteiger partial charge in [0, 0.05) is 6.20 Å². The van der Waals surface area contributed by atoms with Crippen molar-refractivity contribution in [1.29, 1.82) is 0 Å². The third-order valence-electron chi connectivity index (χ3n) is 3.66. The van der Waals surface area contributed by atoms with Crippen LogP contribution < -0.4 is 10.5 Å². The molecule has 0 radical (unpaired) electrons. The summed E-state index contributed by atoms with van der Waals surface area (Å²) in [6.07, 6.45) is 2.68. The number of nitrogens with one attached hydrogen (secondary N) is 1. The van der Waals surface area contributed by atoms with Crippen LogP contribution in [0.1, 0.15) is 10.6 Å². The van der Waals surface area contributed by atoms with Gasteiger partial charge in [-0.3, -0.25) is 0 Å². The zero-order valence-electron chi connectivity index (χ0n) is 13.4. The molecule has 6 nitrogen and oxygen atoms in total. The molecule has 124 valence electrons. The lowest BCUT2D eigenvalue weighted by atomic mass is 10.2. The number of benzene rings is 1. The van der Waals surface area contributed by atoms with E-state index in [1.807, 2.05) is 6.07 Å². The maximum Gasteiger partial charge on any atom is 0.374 e. The third kappa shape index (κ3) is 2.87. The number of aromatic carboxylic acids is 1. The van der Waals surface area contributed by atoms with Crippen molar-refractivity contribution < 1.29 is 18.7 Å². The Labute approximate surface area is 138 Å². The van der Waals surface area contributed by atoms with Crippen molar-refractivity contribution in [3.63, 3.8) is 0 Å². The fourth-order valence-electron chi connectivity index (χ4n) is 2.33. The number of halogens is 1. The van der Waals surface area contributed by atoms with Gasteiger partial charge < -0.3 is 14.8 Å². The molecule has 1 aromatic carbocycles. The minimum absolute atomic E-state index is 0.129. The third-order valence-corrected chi connectivity index (χ3v) is 5.70. The number of carboxylic acid groups (broad SMARTS) is 1. The van der Waals surface area contributed by atoms with E-state index in [1.54, 1.807) is 6.07 Å². The van der Waals surface area contributed by atoms with Gasteiger partial charge in [-0.25, -0.2) is 19.2 Å². The topological polar surface area (TPSA) is 88.2 Å². The number of nitrogens with zero attached hydrogens (tertiary/aromatic N) is 2. The zero-order chi connectivity index (χ0) is 17.5. The SMILES string of the molecule is C[Si](C)(C)c1ccc(Nc2c(C(=O)O)oc3ncncc23)c(F)c1. The molecule has 0 aliphatic heterocycles. The molecule has 0 saturated heterocycles. The van der Waals surface area contributed by atoms with Gasteiger partial charge in [-0.2, -0.15) is 0 Å². The number of aromatic nitrogens is 2. The van der Waals surface area contributed by atoms with Gasteiger partial charge in [0.15, 0.2) is 0 Å². The Hall–Kier alpha value is -2.74. The van der Waals surface area contributed by atoms with Crippen LogP contribution >= 0.6 is 0 Å². The van der Waals surface area contributed by atoms with E-state index in [-0.39, 0.29) is 22.8 Å². The number of fused-ring (bicyclic) bond motifs is 1. The number of anilines is 2. The molecule has 0 unspecified atom stereocenters. The van der Waals surface area contributed by atoms with E-state index in [0.717, 1.165) is 5.19 Å². The summed E-state index contributed by atoms with van der Waals surface area (Å²) in [7, 11) is -1.64. The Balaban J connectivity index is 2.07. The standard InChI is InChI=1S/C16H16FN3O3Si/c1-24(2,3)9-4-5-12(11(17)6-9)20-13-10-7-18-8-19-15(10)23-14(13)16(21)22/h4-8,20H,1-3H3,(H,21,22). The molecule has 24 heavy (non-hydrogen) atoms. The van der Waals surface area contributed by atoms with Crippen molar-refractivity contribution >= 4 is 41.7 Å². The highest BCUT2D eigenvalue weighted by Crippen LogP contribution is 2.32. The molecule has 0 amide bonds. The summed E-state index contributed by atoms with van der Waals surface area (Å²) < 4.78 is 19.7. The fourth-order valence-corrected chi connectivity index (χ4v) is 3.48. The van der Waals surface area contributed by atoms with E-state index in [2.05, 4.69) is 34.9 Å². The first-order valence-electron chi connectivity index (χ1n) is 7.30. The van der Waals surface area contributed by atoms with E-state index >= 15 is 0 Å². The second-order valence-electron chi connectivity index (χ2n) is 6.42. The van der Waals surface area contributed by atoms with Gasteiger partial charge >= 0.3 is 5.97 Å². The molecule has 0 aliphatic rings. The number of carboxylic acids is 1. The van der Waals surface area contributed by atoms with E-state index < -0.39 is 19.9 Å². The van der Waals surface area contributed by atoms with Crippen LogP contribution in [0.3, 0.4) is 0 Å². The molecule has 3 aromatic rings. The van der Waals surface area contributed by atoms with E-state index in [1.165, 1.54) is 18.6 Å². The molecular formula is C16H16FN3O3Si. The molecule has 0 bridgehead atoms. The number of hydrogen-bond acceptors (Lipinski definition) is 5. The summed E-state index contributed by atoms with van der Waals surface area (Å²) in [5, 5.41) is 13.5. The lowest BCUT2D eigenvalue weighted by Crippen LogP contribution is -2.37. The largest absolute Gasteiger partial charge is 0.475 e.